The Hall–Kier alpha value is -1.52. The van der Waals surface area contributed by atoms with Crippen molar-refractivity contribution in [1.82, 2.24) is 5.32 Å². The average molecular weight is 820 g/mol. The van der Waals surface area contributed by atoms with Crippen molar-refractivity contribution in [2.75, 3.05) is 19.8 Å². The van der Waals surface area contributed by atoms with Crippen LogP contribution in [-0.4, -0.2) is 64.9 Å². The summed E-state index contributed by atoms with van der Waals surface area (Å²) in [7, 11) is -4.75. The Labute approximate surface area is 342 Å². The van der Waals surface area contributed by atoms with E-state index >= 15 is 0 Å². The number of hydrogen-bond acceptors (Lipinski definition) is 8. The fourth-order valence-electron chi connectivity index (χ4n) is 6.79. The molecular formula is C44H86NO10P. The van der Waals surface area contributed by atoms with Crippen molar-refractivity contribution in [3.8, 4) is 0 Å². The van der Waals surface area contributed by atoms with Gasteiger partial charge in [0.1, 0.15) is 12.7 Å². The molecule has 0 rings (SSSR count). The number of aliphatic hydroxyl groups excluding tert-OH is 1. The van der Waals surface area contributed by atoms with Crippen molar-refractivity contribution >= 4 is 25.7 Å². The average Bonchev–Trinajstić information content (AvgIpc) is 3.17. The number of ether oxygens (including phenoxy) is 1. The molecule has 0 aromatic rings. The van der Waals surface area contributed by atoms with Gasteiger partial charge in [0, 0.05) is 12.8 Å². The lowest BCUT2D eigenvalue weighted by Gasteiger charge is -2.18. The number of carbonyl (C=O) groups excluding carboxylic acids is 2. The van der Waals surface area contributed by atoms with Crippen LogP contribution in [0, 0.1) is 0 Å². The summed E-state index contributed by atoms with van der Waals surface area (Å²) in [6.07, 6.45) is 38.4. The second-order valence-electron chi connectivity index (χ2n) is 16.0. The van der Waals surface area contributed by atoms with Gasteiger partial charge in [0.05, 0.1) is 13.2 Å². The zero-order valence-corrected chi connectivity index (χ0v) is 36.9. The van der Waals surface area contributed by atoms with Crippen molar-refractivity contribution in [3.63, 3.8) is 0 Å². The summed E-state index contributed by atoms with van der Waals surface area (Å²) >= 11 is 0. The predicted molar refractivity (Wildman–Crippen MR) is 227 cm³/mol. The number of esters is 1. The van der Waals surface area contributed by atoms with Crippen LogP contribution in [0.3, 0.4) is 0 Å². The standard InChI is InChI=1S/C44H86NO10P/c1-3-5-7-9-11-13-15-17-18-19-20-21-22-24-25-27-29-31-33-35-42(47)45-41(44(49)50)39-55-56(51,52)54-38-40(46)37-53-43(48)36-34-32-30-28-26-23-16-14-12-10-8-6-4-2/h40-41,46H,3-39H2,1-2H3,(H,45,47)(H,49,50)(H,51,52). The molecular weight excluding hydrogens is 733 g/mol. The van der Waals surface area contributed by atoms with Gasteiger partial charge in [-0.05, 0) is 12.8 Å². The van der Waals surface area contributed by atoms with E-state index in [4.69, 9.17) is 13.8 Å². The smallest absolute Gasteiger partial charge is 0.472 e. The van der Waals surface area contributed by atoms with Crippen LogP contribution in [0.2, 0.25) is 0 Å². The zero-order chi connectivity index (χ0) is 41.4. The number of carboxylic acid groups (broad SMARTS) is 1. The molecule has 332 valence electrons. The number of rotatable bonds is 44. The van der Waals surface area contributed by atoms with Gasteiger partial charge in [-0.25, -0.2) is 9.36 Å². The van der Waals surface area contributed by atoms with Crippen LogP contribution in [-0.2, 0) is 32.7 Å². The minimum Gasteiger partial charge on any atom is -0.480 e. The van der Waals surface area contributed by atoms with E-state index in [9.17, 15) is 34.1 Å². The molecule has 12 heteroatoms. The maximum atomic E-state index is 12.3. The first-order chi connectivity index (χ1) is 27.1. The second-order valence-corrected chi connectivity index (χ2v) is 17.4. The highest BCUT2D eigenvalue weighted by molar-refractivity contribution is 7.47. The molecule has 0 heterocycles. The Morgan fingerprint density at radius 3 is 1.18 bits per heavy atom. The van der Waals surface area contributed by atoms with E-state index in [0.717, 1.165) is 38.5 Å². The maximum absolute atomic E-state index is 12.3. The molecule has 0 bridgehead atoms. The summed E-state index contributed by atoms with van der Waals surface area (Å²) in [4.78, 5) is 45.9. The van der Waals surface area contributed by atoms with Gasteiger partial charge < -0.3 is 25.2 Å². The van der Waals surface area contributed by atoms with Crippen LogP contribution in [0.15, 0.2) is 0 Å². The molecule has 11 nitrogen and oxygen atoms in total. The van der Waals surface area contributed by atoms with E-state index in [2.05, 4.69) is 19.2 Å². The molecule has 3 unspecified atom stereocenters. The molecule has 0 fully saturated rings. The van der Waals surface area contributed by atoms with Gasteiger partial charge in [-0.2, -0.15) is 0 Å². The highest BCUT2D eigenvalue weighted by Gasteiger charge is 2.28. The molecule has 0 aliphatic heterocycles. The Bertz CT molecular complexity index is 968. The van der Waals surface area contributed by atoms with Crippen molar-refractivity contribution in [2.24, 2.45) is 0 Å². The van der Waals surface area contributed by atoms with Crippen molar-refractivity contribution in [2.45, 2.75) is 244 Å². The Morgan fingerprint density at radius 2 is 0.821 bits per heavy atom. The first kappa shape index (κ1) is 54.5. The molecule has 3 atom stereocenters. The van der Waals surface area contributed by atoms with Crippen molar-refractivity contribution in [3.05, 3.63) is 0 Å². The van der Waals surface area contributed by atoms with Gasteiger partial charge in [-0.15, -0.1) is 0 Å². The number of hydrogen-bond donors (Lipinski definition) is 4. The lowest BCUT2D eigenvalue weighted by molar-refractivity contribution is -0.147. The van der Waals surface area contributed by atoms with E-state index in [1.807, 2.05) is 0 Å². The van der Waals surface area contributed by atoms with Crippen molar-refractivity contribution in [1.29, 1.82) is 0 Å². The number of aliphatic carboxylic acids is 1. The van der Waals surface area contributed by atoms with Crippen LogP contribution in [0.25, 0.3) is 0 Å². The molecule has 0 saturated carbocycles. The molecule has 0 aliphatic carbocycles. The number of unbranched alkanes of at least 4 members (excludes halogenated alkanes) is 30. The molecule has 0 radical (unpaired) electrons. The molecule has 1 amide bonds. The van der Waals surface area contributed by atoms with E-state index in [0.29, 0.717) is 12.8 Å². The highest BCUT2D eigenvalue weighted by atomic mass is 31.2. The SMILES string of the molecule is CCCCCCCCCCCCCCCCCCCCCC(=O)NC(COP(=O)(O)OCC(O)COC(=O)CCCCCCCCCCCCCCC)C(=O)O. The van der Waals surface area contributed by atoms with Gasteiger partial charge >= 0.3 is 19.8 Å². The fourth-order valence-corrected chi connectivity index (χ4v) is 7.56. The quantitative estimate of drug-likeness (QED) is 0.0264. The Balaban J connectivity index is 3.84. The summed E-state index contributed by atoms with van der Waals surface area (Å²) in [6, 6.07) is -1.54. The minimum absolute atomic E-state index is 0.153. The van der Waals surface area contributed by atoms with Crippen LogP contribution in [0.5, 0.6) is 0 Å². The van der Waals surface area contributed by atoms with E-state index < -0.39 is 57.6 Å². The monoisotopic (exact) mass is 820 g/mol. The van der Waals surface area contributed by atoms with Crippen LogP contribution in [0.1, 0.15) is 232 Å². The molecule has 4 N–H and O–H groups in total. The third-order valence-electron chi connectivity index (χ3n) is 10.4. The third kappa shape index (κ3) is 39.3. The maximum Gasteiger partial charge on any atom is 0.472 e. The van der Waals surface area contributed by atoms with Crippen LogP contribution >= 0.6 is 7.82 Å². The van der Waals surface area contributed by atoms with E-state index in [1.165, 1.54) is 154 Å². The van der Waals surface area contributed by atoms with Gasteiger partial charge in [0.15, 0.2) is 6.04 Å². The molecule has 0 aromatic carbocycles. The molecule has 0 spiro atoms. The minimum atomic E-state index is -4.75. The van der Waals surface area contributed by atoms with Gasteiger partial charge in [-0.1, -0.05) is 206 Å². The van der Waals surface area contributed by atoms with Gasteiger partial charge in [0.25, 0.3) is 0 Å². The first-order valence-corrected chi connectivity index (χ1v) is 24.6. The molecule has 0 aromatic heterocycles. The molecule has 56 heavy (non-hydrogen) atoms. The summed E-state index contributed by atoms with van der Waals surface area (Å²) in [5.41, 5.74) is 0. The number of aliphatic hydroxyl groups is 1. The normalized spacial score (nSPS) is 13.6. The lowest BCUT2D eigenvalue weighted by atomic mass is 10.0. The summed E-state index contributed by atoms with van der Waals surface area (Å²) in [5.74, 6) is -2.35. The number of nitrogens with one attached hydrogen (secondary N) is 1. The number of phosphoric ester groups is 1. The van der Waals surface area contributed by atoms with Gasteiger partial charge in [0.2, 0.25) is 5.91 Å². The number of amides is 1. The summed E-state index contributed by atoms with van der Waals surface area (Å²) in [6.45, 7) is 2.63. The topological polar surface area (TPSA) is 169 Å². The second kappa shape index (κ2) is 40.3. The molecule has 0 saturated heterocycles. The predicted octanol–water partition coefficient (Wildman–Crippen LogP) is 11.9. The van der Waals surface area contributed by atoms with Crippen molar-refractivity contribution < 1.29 is 47.8 Å². The Morgan fingerprint density at radius 1 is 0.500 bits per heavy atom. The third-order valence-corrected chi connectivity index (χ3v) is 11.3. The number of carboxylic acids is 1. The van der Waals surface area contributed by atoms with E-state index in [1.54, 1.807) is 0 Å². The largest absolute Gasteiger partial charge is 0.480 e. The molecule has 0 aliphatic rings. The number of phosphoric acid groups is 1. The first-order valence-electron chi connectivity index (χ1n) is 23.1. The van der Waals surface area contributed by atoms with E-state index in [-0.39, 0.29) is 12.8 Å². The van der Waals surface area contributed by atoms with Crippen LogP contribution in [0.4, 0.5) is 0 Å². The van der Waals surface area contributed by atoms with Crippen LogP contribution < -0.4 is 5.32 Å². The summed E-state index contributed by atoms with van der Waals surface area (Å²) in [5, 5.41) is 21.8. The Kier molecular flexibility index (Phi) is 39.2. The highest BCUT2D eigenvalue weighted by Crippen LogP contribution is 2.43. The lowest BCUT2D eigenvalue weighted by Crippen LogP contribution is -2.43. The van der Waals surface area contributed by atoms with Gasteiger partial charge in [-0.3, -0.25) is 18.6 Å². The summed E-state index contributed by atoms with van der Waals surface area (Å²) < 4.78 is 26.8. The zero-order valence-electron chi connectivity index (χ0n) is 36.0. The number of carbonyl (C=O) groups is 3. The fraction of sp³-hybridized carbons (Fsp3) is 0.932.